The smallest absolute Gasteiger partial charge is 0.175 e. The lowest BCUT2D eigenvalue weighted by Gasteiger charge is -2.44. The molecule has 1 fully saturated rings. The average Bonchev–Trinajstić information content (AvgIpc) is 2.89. The Labute approximate surface area is 201 Å². The molecule has 0 aromatic heterocycles. The third-order valence-corrected chi connectivity index (χ3v) is 5.89. The normalized spacial score (nSPS) is 24.7. The zero-order chi connectivity index (χ0) is 23.6. The summed E-state index contributed by atoms with van der Waals surface area (Å²) in [7, 11) is 1.59. The Morgan fingerprint density at radius 3 is 1.65 bits per heavy atom. The molecule has 1 aliphatic heterocycles. The van der Waals surface area contributed by atoms with E-state index in [0.717, 1.165) is 16.7 Å². The number of methoxy groups -OCH3 is 1. The molecule has 0 spiro atoms. The van der Waals surface area contributed by atoms with E-state index in [1.807, 2.05) is 91.0 Å². The third kappa shape index (κ3) is 6.73. The van der Waals surface area contributed by atoms with E-state index in [4.69, 9.17) is 29.4 Å². The zero-order valence-electron chi connectivity index (χ0n) is 19.5. The number of hydrogen-bond donors (Lipinski definition) is 1. The van der Waals surface area contributed by atoms with Gasteiger partial charge in [0.1, 0.15) is 18.3 Å². The number of rotatable bonds is 11. The molecule has 34 heavy (non-hydrogen) atoms. The molecule has 0 radical (unpaired) electrons. The van der Waals surface area contributed by atoms with E-state index in [0.29, 0.717) is 26.4 Å². The molecule has 1 saturated heterocycles. The summed E-state index contributed by atoms with van der Waals surface area (Å²) >= 11 is 0. The van der Waals surface area contributed by atoms with Crippen LogP contribution in [0, 0.1) is 0 Å². The quantitative estimate of drug-likeness (QED) is 0.462. The van der Waals surface area contributed by atoms with Crippen molar-refractivity contribution in [3.63, 3.8) is 0 Å². The predicted octanol–water partition coefficient (Wildman–Crippen LogP) is 4.07. The highest BCUT2D eigenvalue weighted by Crippen LogP contribution is 2.27. The molecule has 5 atom stereocenters. The van der Waals surface area contributed by atoms with Gasteiger partial charge in [0.2, 0.25) is 0 Å². The summed E-state index contributed by atoms with van der Waals surface area (Å²) in [5.41, 5.74) is 9.77. The molecule has 1 unspecified atom stereocenters. The van der Waals surface area contributed by atoms with E-state index in [9.17, 15) is 0 Å². The molecule has 3 aromatic carbocycles. The largest absolute Gasteiger partial charge is 0.374 e. The number of nitrogens with two attached hydrogens (primary N) is 1. The Balaban J connectivity index is 1.48. The van der Waals surface area contributed by atoms with E-state index < -0.39 is 30.6 Å². The molecular weight excluding hydrogens is 430 g/mol. The van der Waals surface area contributed by atoms with Crippen molar-refractivity contribution >= 4 is 0 Å². The minimum atomic E-state index is -0.623. The summed E-state index contributed by atoms with van der Waals surface area (Å²) in [4.78, 5) is 0. The Hall–Kier alpha value is -2.58. The van der Waals surface area contributed by atoms with Crippen LogP contribution in [0.15, 0.2) is 91.0 Å². The number of benzene rings is 3. The van der Waals surface area contributed by atoms with Gasteiger partial charge in [-0.2, -0.15) is 0 Å². The molecule has 0 aliphatic carbocycles. The Morgan fingerprint density at radius 2 is 1.15 bits per heavy atom. The molecule has 2 N–H and O–H groups in total. The highest BCUT2D eigenvalue weighted by atomic mass is 16.7. The maximum Gasteiger partial charge on any atom is 0.175 e. The van der Waals surface area contributed by atoms with Crippen molar-refractivity contribution in [2.45, 2.75) is 50.5 Å². The van der Waals surface area contributed by atoms with Gasteiger partial charge in [-0.15, -0.1) is 0 Å². The lowest BCUT2D eigenvalue weighted by Crippen LogP contribution is -2.63. The maximum absolute atomic E-state index is 6.54. The van der Waals surface area contributed by atoms with Gasteiger partial charge >= 0.3 is 0 Å². The van der Waals surface area contributed by atoms with Crippen LogP contribution in [0.3, 0.4) is 0 Å². The first-order chi connectivity index (χ1) is 16.7. The van der Waals surface area contributed by atoms with Crippen LogP contribution in [0.1, 0.15) is 16.7 Å². The summed E-state index contributed by atoms with van der Waals surface area (Å²) in [6, 6.07) is 29.6. The molecule has 0 bridgehead atoms. The highest BCUT2D eigenvalue weighted by molar-refractivity contribution is 5.15. The van der Waals surface area contributed by atoms with Crippen LogP contribution in [0.25, 0.3) is 0 Å². The van der Waals surface area contributed by atoms with Crippen molar-refractivity contribution < 1.29 is 23.7 Å². The molecule has 6 nitrogen and oxygen atoms in total. The Kier molecular flexibility index (Phi) is 9.21. The predicted molar refractivity (Wildman–Crippen MR) is 130 cm³/mol. The van der Waals surface area contributed by atoms with Crippen LogP contribution in [-0.2, 0) is 43.5 Å². The monoisotopic (exact) mass is 463 g/mol. The number of hydrogen-bond acceptors (Lipinski definition) is 6. The van der Waals surface area contributed by atoms with Gasteiger partial charge in [-0.1, -0.05) is 91.0 Å². The van der Waals surface area contributed by atoms with E-state index >= 15 is 0 Å². The van der Waals surface area contributed by atoms with Crippen molar-refractivity contribution in [1.29, 1.82) is 0 Å². The first-order valence-corrected chi connectivity index (χ1v) is 11.6. The SMILES string of the molecule is COC1O[C@H](COCc2ccccc2)[C@H](OCc2ccccc2)[C@H](OCc2ccccc2)[C@H]1N. The molecule has 0 amide bonds. The van der Waals surface area contributed by atoms with Crippen LogP contribution < -0.4 is 5.73 Å². The molecule has 180 valence electrons. The lowest BCUT2D eigenvalue weighted by molar-refractivity contribution is -0.280. The second-order valence-corrected chi connectivity index (χ2v) is 8.38. The fourth-order valence-electron chi connectivity index (χ4n) is 4.08. The van der Waals surface area contributed by atoms with Crippen molar-refractivity contribution in [2.75, 3.05) is 13.7 Å². The van der Waals surface area contributed by atoms with Crippen molar-refractivity contribution in [2.24, 2.45) is 5.73 Å². The topological polar surface area (TPSA) is 72.2 Å². The summed E-state index contributed by atoms with van der Waals surface area (Å²) in [6.07, 6.45) is -1.89. The number of ether oxygens (including phenoxy) is 5. The first kappa shape index (κ1) is 24.5. The Bertz CT molecular complexity index is 956. The maximum atomic E-state index is 6.54. The Morgan fingerprint density at radius 1 is 0.676 bits per heavy atom. The molecule has 3 aromatic rings. The third-order valence-electron chi connectivity index (χ3n) is 5.89. The zero-order valence-corrected chi connectivity index (χ0v) is 19.5. The van der Waals surface area contributed by atoms with Crippen LogP contribution in [0.5, 0.6) is 0 Å². The van der Waals surface area contributed by atoms with Crippen molar-refractivity contribution in [1.82, 2.24) is 0 Å². The fraction of sp³-hybridized carbons (Fsp3) is 0.357. The molecule has 6 heteroatoms. The average molecular weight is 464 g/mol. The van der Waals surface area contributed by atoms with E-state index in [-0.39, 0.29) is 0 Å². The van der Waals surface area contributed by atoms with Gasteiger partial charge in [0, 0.05) is 7.11 Å². The van der Waals surface area contributed by atoms with Crippen molar-refractivity contribution in [3.05, 3.63) is 108 Å². The molecule has 4 rings (SSSR count). The van der Waals surface area contributed by atoms with Gasteiger partial charge in [-0.05, 0) is 16.7 Å². The lowest BCUT2D eigenvalue weighted by atomic mass is 9.96. The van der Waals surface area contributed by atoms with Gasteiger partial charge in [0.15, 0.2) is 6.29 Å². The molecule has 0 saturated carbocycles. The second kappa shape index (κ2) is 12.8. The van der Waals surface area contributed by atoms with E-state index in [1.54, 1.807) is 7.11 Å². The van der Waals surface area contributed by atoms with Crippen LogP contribution in [0.2, 0.25) is 0 Å². The molecule has 1 aliphatic rings. The van der Waals surface area contributed by atoms with Gasteiger partial charge in [0.05, 0.1) is 32.5 Å². The minimum Gasteiger partial charge on any atom is -0.374 e. The summed E-state index contributed by atoms with van der Waals surface area (Å²) in [5.74, 6) is 0. The van der Waals surface area contributed by atoms with Crippen LogP contribution in [-0.4, -0.2) is 44.4 Å². The fourth-order valence-corrected chi connectivity index (χ4v) is 4.08. The van der Waals surface area contributed by atoms with Gasteiger partial charge in [-0.3, -0.25) is 0 Å². The summed E-state index contributed by atoms with van der Waals surface area (Å²) < 4.78 is 30.5. The first-order valence-electron chi connectivity index (χ1n) is 11.6. The van der Waals surface area contributed by atoms with Crippen LogP contribution >= 0.6 is 0 Å². The standard InChI is InChI=1S/C28H33NO5/c1-30-28-25(29)27(33-19-23-15-9-4-10-16-23)26(32-18-22-13-7-3-8-14-22)24(34-28)20-31-17-21-11-5-2-6-12-21/h2-16,24-28H,17-20,29H2,1H3/t24-,25-,26+,27-,28?/m1/s1. The van der Waals surface area contributed by atoms with Gasteiger partial charge in [-0.25, -0.2) is 0 Å². The summed E-state index contributed by atoms with van der Waals surface area (Å²) in [5, 5.41) is 0. The highest BCUT2D eigenvalue weighted by Gasteiger charge is 2.46. The molecular formula is C28H33NO5. The summed E-state index contributed by atoms with van der Waals surface area (Å²) in [6.45, 7) is 1.63. The van der Waals surface area contributed by atoms with Gasteiger partial charge < -0.3 is 29.4 Å². The molecule has 1 heterocycles. The van der Waals surface area contributed by atoms with Gasteiger partial charge in [0.25, 0.3) is 0 Å². The van der Waals surface area contributed by atoms with E-state index in [1.165, 1.54) is 0 Å². The minimum absolute atomic E-state index is 0.326. The second-order valence-electron chi connectivity index (χ2n) is 8.38. The van der Waals surface area contributed by atoms with Crippen molar-refractivity contribution in [3.8, 4) is 0 Å². The van der Waals surface area contributed by atoms with E-state index in [2.05, 4.69) is 0 Å². The van der Waals surface area contributed by atoms with Crippen LogP contribution in [0.4, 0.5) is 0 Å².